The number of nitrogens with two attached hydrogens (primary N) is 1. The number of piperidine rings is 1. The van der Waals surface area contributed by atoms with Crippen LogP contribution in [0.5, 0.6) is 0 Å². The fourth-order valence-corrected chi connectivity index (χ4v) is 3.51. The van der Waals surface area contributed by atoms with E-state index in [0.717, 1.165) is 12.8 Å². The Morgan fingerprint density at radius 3 is 2.33 bits per heavy atom. The van der Waals surface area contributed by atoms with Crippen molar-refractivity contribution >= 4 is 17.6 Å². The summed E-state index contributed by atoms with van der Waals surface area (Å²) in [6.45, 7) is 1.11. The average molecular weight is 296 g/mol. The molecule has 0 bridgehead atoms. The van der Waals surface area contributed by atoms with E-state index in [2.05, 4.69) is 10.5 Å². The minimum absolute atomic E-state index is 0.0255. The van der Waals surface area contributed by atoms with Crippen molar-refractivity contribution in [2.75, 3.05) is 20.1 Å². The molecule has 7 heteroatoms. The van der Waals surface area contributed by atoms with Crippen molar-refractivity contribution in [2.45, 2.75) is 38.5 Å². The zero-order valence-electron chi connectivity index (χ0n) is 12.5. The summed E-state index contributed by atoms with van der Waals surface area (Å²) in [6.07, 6.45) is 4.43. The minimum atomic E-state index is -0.839. The Labute approximate surface area is 124 Å². The van der Waals surface area contributed by atoms with Crippen LogP contribution in [-0.2, 0) is 9.59 Å². The second-order valence-electron chi connectivity index (χ2n) is 5.96. The highest BCUT2D eigenvalue weighted by Gasteiger charge is 2.48. The van der Waals surface area contributed by atoms with E-state index in [4.69, 9.17) is 10.9 Å². The fourth-order valence-electron chi connectivity index (χ4n) is 3.51. The molecular formula is C14H24N4O3. The van der Waals surface area contributed by atoms with Crippen molar-refractivity contribution in [3.05, 3.63) is 0 Å². The molecule has 1 aliphatic heterocycles. The van der Waals surface area contributed by atoms with Crippen LogP contribution in [0.4, 0.5) is 0 Å². The summed E-state index contributed by atoms with van der Waals surface area (Å²) >= 11 is 0. The van der Waals surface area contributed by atoms with E-state index in [-0.39, 0.29) is 23.6 Å². The molecule has 1 saturated carbocycles. The highest BCUT2D eigenvalue weighted by molar-refractivity contribution is 6.07. The van der Waals surface area contributed by atoms with Crippen LogP contribution in [0.3, 0.4) is 0 Å². The zero-order chi connectivity index (χ0) is 15.5. The van der Waals surface area contributed by atoms with E-state index in [1.165, 1.54) is 0 Å². The van der Waals surface area contributed by atoms with Gasteiger partial charge in [-0.3, -0.25) is 9.59 Å². The molecule has 0 spiro atoms. The average Bonchev–Trinajstić information content (AvgIpc) is 3.03. The number of amidine groups is 1. The number of carbonyl (C=O) groups is 2. The summed E-state index contributed by atoms with van der Waals surface area (Å²) in [5.74, 6) is -0.0133. The lowest BCUT2D eigenvalue weighted by Crippen LogP contribution is -2.52. The molecule has 4 N–H and O–H groups in total. The Balaban J connectivity index is 2.05. The van der Waals surface area contributed by atoms with Gasteiger partial charge in [-0.05, 0) is 25.7 Å². The van der Waals surface area contributed by atoms with Crippen molar-refractivity contribution in [3.8, 4) is 0 Å². The summed E-state index contributed by atoms with van der Waals surface area (Å²) in [6, 6.07) is 0. The normalized spacial score (nSPS) is 23.1. The van der Waals surface area contributed by atoms with Crippen molar-refractivity contribution in [1.82, 2.24) is 10.2 Å². The van der Waals surface area contributed by atoms with E-state index in [9.17, 15) is 9.59 Å². The third-order valence-corrected chi connectivity index (χ3v) is 4.86. The lowest BCUT2D eigenvalue weighted by atomic mass is 9.82. The number of amides is 2. The molecule has 2 fully saturated rings. The molecule has 0 aromatic carbocycles. The maximum atomic E-state index is 12.8. The number of hydrogen-bond donors (Lipinski definition) is 3. The number of oxime groups is 1. The predicted molar refractivity (Wildman–Crippen MR) is 77.7 cm³/mol. The molecule has 0 radical (unpaired) electrons. The van der Waals surface area contributed by atoms with Crippen LogP contribution in [0.25, 0.3) is 0 Å². The molecule has 2 amide bonds. The van der Waals surface area contributed by atoms with Gasteiger partial charge in [0.1, 0.15) is 5.41 Å². The van der Waals surface area contributed by atoms with E-state index in [1.54, 1.807) is 11.9 Å². The van der Waals surface area contributed by atoms with Gasteiger partial charge in [-0.1, -0.05) is 18.0 Å². The number of nitrogens with zero attached hydrogens (tertiary/aromatic N) is 2. The molecule has 21 heavy (non-hydrogen) atoms. The van der Waals surface area contributed by atoms with Gasteiger partial charge in [0.2, 0.25) is 11.8 Å². The van der Waals surface area contributed by atoms with Gasteiger partial charge in [0.05, 0.1) is 0 Å². The summed E-state index contributed by atoms with van der Waals surface area (Å²) in [4.78, 5) is 26.2. The molecular weight excluding hydrogens is 272 g/mol. The van der Waals surface area contributed by atoms with Crippen LogP contribution in [0.15, 0.2) is 5.16 Å². The quantitative estimate of drug-likeness (QED) is 0.301. The van der Waals surface area contributed by atoms with Gasteiger partial charge in [-0.15, -0.1) is 0 Å². The Morgan fingerprint density at radius 1 is 1.29 bits per heavy atom. The minimum Gasteiger partial charge on any atom is -0.409 e. The van der Waals surface area contributed by atoms with Crippen LogP contribution >= 0.6 is 0 Å². The Bertz CT molecular complexity index is 436. The van der Waals surface area contributed by atoms with Gasteiger partial charge in [-0.2, -0.15) is 0 Å². The molecule has 0 aromatic rings. The van der Waals surface area contributed by atoms with Crippen molar-refractivity contribution in [3.63, 3.8) is 0 Å². The van der Waals surface area contributed by atoms with E-state index in [0.29, 0.717) is 38.8 Å². The van der Waals surface area contributed by atoms with Gasteiger partial charge in [0.15, 0.2) is 5.84 Å². The lowest BCUT2D eigenvalue weighted by Gasteiger charge is -2.37. The smallest absolute Gasteiger partial charge is 0.236 e. The standard InChI is InChI=1S/C14H24N4O3/c1-16-11(19)10-4-8-18(9-5-10)13(20)14(12(15)17-21)6-2-3-7-14/h10,21H,2-9H2,1H3,(H2,15,17)(H,16,19). The van der Waals surface area contributed by atoms with E-state index >= 15 is 0 Å². The predicted octanol–water partition coefficient (Wildman–Crippen LogP) is 0.278. The maximum absolute atomic E-state index is 12.8. The first-order chi connectivity index (χ1) is 10.0. The molecule has 1 saturated heterocycles. The molecule has 7 nitrogen and oxygen atoms in total. The second-order valence-corrected chi connectivity index (χ2v) is 5.96. The van der Waals surface area contributed by atoms with Crippen molar-refractivity contribution in [2.24, 2.45) is 22.2 Å². The van der Waals surface area contributed by atoms with Crippen molar-refractivity contribution in [1.29, 1.82) is 0 Å². The molecule has 0 aromatic heterocycles. The Hall–Kier alpha value is -1.79. The van der Waals surface area contributed by atoms with Gasteiger partial charge in [0, 0.05) is 26.1 Å². The van der Waals surface area contributed by atoms with Gasteiger partial charge in [0.25, 0.3) is 0 Å². The first-order valence-electron chi connectivity index (χ1n) is 7.54. The first kappa shape index (κ1) is 15.6. The zero-order valence-corrected chi connectivity index (χ0v) is 12.5. The summed E-state index contributed by atoms with van der Waals surface area (Å²) in [5, 5.41) is 14.7. The third-order valence-electron chi connectivity index (χ3n) is 4.86. The lowest BCUT2D eigenvalue weighted by molar-refractivity contribution is -0.141. The molecule has 2 rings (SSSR count). The summed E-state index contributed by atoms with van der Waals surface area (Å²) in [7, 11) is 1.63. The molecule has 0 atom stereocenters. The molecule has 1 aliphatic carbocycles. The van der Waals surface area contributed by atoms with Gasteiger partial charge < -0.3 is 21.2 Å². The number of hydrogen-bond acceptors (Lipinski definition) is 4. The van der Waals surface area contributed by atoms with Crippen LogP contribution < -0.4 is 11.1 Å². The summed E-state index contributed by atoms with van der Waals surface area (Å²) < 4.78 is 0. The van der Waals surface area contributed by atoms with E-state index < -0.39 is 5.41 Å². The second kappa shape index (κ2) is 6.32. The molecule has 1 heterocycles. The number of nitrogens with one attached hydrogen (secondary N) is 1. The molecule has 0 unspecified atom stereocenters. The highest BCUT2D eigenvalue weighted by Crippen LogP contribution is 2.40. The van der Waals surface area contributed by atoms with E-state index in [1.807, 2.05) is 0 Å². The number of rotatable bonds is 3. The molecule has 118 valence electrons. The monoisotopic (exact) mass is 296 g/mol. The first-order valence-corrected chi connectivity index (χ1v) is 7.54. The summed E-state index contributed by atoms with van der Waals surface area (Å²) in [5.41, 5.74) is 4.97. The highest BCUT2D eigenvalue weighted by atomic mass is 16.4. The van der Waals surface area contributed by atoms with Gasteiger partial charge in [-0.25, -0.2) is 0 Å². The Morgan fingerprint density at radius 2 is 1.86 bits per heavy atom. The van der Waals surface area contributed by atoms with Crippen molar-refractivity contribution < 1.29 is 14.8 Å². The maximum Gasteiger partial charge on any atom is 0.236 e. The van der Waals surface area contributed by atoms with Crippen LogP contribution in [-0.4, -0.2) is 47.9 Å². The number of carbonyl (C=O) groups excluding carboxylic acids is 2. The largest absolute Gasteiger partial charge is 0.409 e. The number of likely N-dealkylation sites (tertiary alicyclic amines) is 1. The van der Waals surface area contributed by atoms with Crippen LogP contribution in [0.1, 0.15) is 38.5 Å². The fraction of sp³-hybridized carbons (Fsp3) is 0.786. The van der Waals surface area contributed by atoms with Crippen LogP contribution in [0, 0.1) is 11.3 Å². The third kappa shape index (κ3) is 2.82. The topological polar surface area (TPSA) is 108 Å². The Kier molecular flexibility index (Phi) is 4.69. The SMILES string of the molecule is CNC(=O)C1CCN(C(=O)C2(C(N)=NO)CCCC2)CC1. The van der Waals surface area contributed by atoms with Gasteiger partial charge >= 0.3 is 0 Å². The van der Waals surface area contributed by atoms with Crippen LogP contribution in [0.2, 0.25) is 0 Å². The molecule has 2 aliphatic rings.